The number of aromatic nitrogens is 1. The molecule has 7 nitrogen and oxygen atoms in total. The number of hydrogen-bond donors (Lipinski definition) is 1. The monoisotopic (exact) mass is 419 g/mol. The Bertz CT molecular complexity index is 1170. The van der Waals surface area contributed by atoms with E-state index in [9.17, 15) is 14.4 Å². The highest BCUT2D eigenvalue weighted by molar-refractivity contribution is 6.07. The number of nitrogens with zero attached hydrogens (tertiary/aromatic N) is 2. The lowest BCUT2D eigenvalue weighted by molar-refractivity contribution is 0.0533. The van der Waals surface area contributed by atoms with E-state index in [2.05, 4.69) is 4.98 Å². The van der Waals surface area contributed by atoms with E-state index in [1.165, 1.54) is 7.11 Å². The van der Waals surface area contributed by atoms with Gasteiger partial charge in [0, 0.05) is 37.4 Å². The first kappa shape index (κ1) is 20.7. The van der Waals surface area contributed by atoms with Crippen molar-refractivity contribution in [3.05, 3.63) is 70.5 Å². The van der Waals surface area contributed by atoms with Crippen LogP contribution in [0.15, 0.2) is 42.5 Å². The van der Waals surface area contributed by atoms with Crippen LogP contribution in [-0.4, -0.2) is 65.9 Å². The number of benzene rings is 2. The second-order valence-electron chi connectivity index (χ2n) is 7.73. The Balaban J connectivity index is 1.48. The molecule has 0 saturated carbocycles. The molecule has 2 amide bonds. The third kappa shape index (κ3) is 3.67. The lowest BCUT2D eigenvalue weighted by atomic mass is 10.0. The molecule has 3 aromatic rings. The number of ether oxygens (including phenoxy) is 1. The summed E-state index contributed by atoms with van der Waals surface area (Å²) < 4.78 is 4.82. The number of amides is 2. The number of H-pyrrole nitrogens is 1. The molecule has 0 aliphatic carbocycles. The number of rotatable bonds is 3. The van der Waals surface area contributed by atoms with Gasteiger partial charge in [-0.05, 0) is 36.2 Å². The van der Waals surface area contributed by atoms with Crippen molar-refractivity contribution in [1.29, 1.82) is 0 Å². The van der Waals surface area contributed by atoms with Gasteiger partial charge in [-0.2, -0.15) is 0 Å². The van der Waals surface area contributed by atoms with Crippen LogP contribution >= 0.6 is 0 Å². The molecular weight excluding hydrogens is 394 g/mol. The smallest absolute Gasteiger partial charge is 0.339 e. The first-order chi connectivity index (χ1) is 14.9. The molecular formula is C24H25N3O4. The minimum absolute atomic E-state index is 0.0243. The molecule has 1 aliphatic rings. The number of esters is 1. The van der Waals surface area contributed by atoms with Crippen LogP contribution in [0, 0.1) is 13.8 Å². The van der Waals surface area contributed by atoms with Gasteiger partial charge in [-0.3, -0.25) is 9.59 Å². The zero-order valence-corrected chi connectivity index (χ0v) is 17.9. The minimum Gasteiger partial charge on any atom is -0.465 e. The summed E-state index contributed by atoms with van der Waals surface area (Å²) in [6, 6.07) is 13.6. The van der Waals surface area contributed by atoms with Crippen molar-refractivity contribution in [3.63, 3.8) is 0 Å². The summed E-state index contributed by atoms with van der Waals surface area (Å²) in [4.78, 5) is 44.7. The highest BCUT2D eigenvalue weighted by atomic mass is 16.5. The number of nitrogens with one attached hydrogen (secondary N) is 1. The second kappa shape index (κ2) is 8.26. The fourth-order valence-corrected chi connectivity index (χ4v) is 4.23. The van der Waals surface area contributed by atoms with Crippen LogP contribution in [0.2, 0.25) is 0 Å². The van der Waals surface area contributed by atoms with Crippen LogP contribution < -0.4 is 0 Å². The first-order valence-electron chi connectivity index (χ1n) is 10.3. The maximum absolute atomic E-state index is 13.1. The number of carbonyl (C=O) groups is 3. The van der Waals surface area contributed by atoms with Crippen molar-refractivity contribution < 1.29 is 19.1 Å². The Morgan fingerprint density at radius 2 is 1.48 bits per heavy atom. The fraction of sp³-hybridized carbons (Fsp3) is 0.292. The molecule has 1 aliphatic heterocycles. The van der Waals surface area contributed by atoms with Crippen LogP contribution in [0.25, 0.3) is 10.8 Å². The molecule has 0 spiro atoms. The van der Waals surface area contributed by atoms with E-state index >= 15 is 0 Å². The van der Waals surface area contributed by atoms with Gasteiger partial charge in [0.25, 0.3) is 11.8 Å². The number of hydrogen-bond acceptors (Lipinski definition) is 4. The predicted octanol–water partition coefficient (Wildman–Crippen LogP) is 3.17. The molecule has 2 heterocycles. The van der Waals surface area contributed by atoms with E-state index < -0.39 is 5.97 Å². The maximum Gasteiger partial charge on any atom is 0.339 e. The lowest BCUT2D eigenvalue weighted by Gasteiger charge is -2.35. The number of aromatic amines is 1. The van der Waals surface area contributed by atoms with Gasteiger partial charge in [-0.1, -0.05) is 36.4 Å². The van der Waals surface area contributed by atoms with Gasteiger partial charge < -0.3 is 19.5 Å². The third-order valence-corrected chi connectivity index (χ3v) is 5.92. The summed E-state index contributed by atoms with van der Waals surface area (Å²) >= 11 is 0. The van der Waals surface area contributed by atoms with Crippen LogP contribution in [0.3, 0.4) is 0 Å². The average Bonchev–Trinajstić information content (AvgIpc) is 3.11. The summed E-state index contributed by atoms with van der Waals surface area (Å²) in [5.41, 5.74) is 2.67. The van der Waals surface area contributed by atoms with Crippen molar-refractivity contribution in [2.24, 2.45) is 0 Å². The van der Waals surface area contributed by atoms with Gasteiger partial charge in [0.1, 0.15) is 5.69 Å². The quantitative estimate of drug-likeness (QED) is 0.661. The molecule has 4 rings (SSSR count). The molecule has 0 atom stereocenters. The Morgan fingerprint density at radius 3 is 2.16 bits per heavy atom. The number of methoxy groups -OCH3 is 1. The largest absolute Gasteiger partial charge is 0.465 e. The van der Waals surface area contributed by atoms with Crippen molar-refractivity contribution in [2.45, 2.75) is 13.8 Å². The molecule has 7 heteroatoms. The van der Waals surface area contributed by atoms with Gasteiger partial charge in [-0.15, -0.1) is 0 Å². The molecule has 0 unspecified atom stereocenters. The standard InChI is InChI=1S/C24H25N3O4/c1-15-20(24(30)31-3)16(2)25-21(15)23(29)27-13-11-26(12-14-27)22(28)19-10-6-8-17-7-4-5-9-18(17)19/h4-10,25H,11-14H2,1-3H3. The Kier molecular flexibility index (Phi) is 5.50. The summed E-state index contributed by atoms with van der Waals surface area (Å²) in [6.07, 6.45) is 0. The van der Waals surface area contributed by atoms with E-state index in [4.69, 9.17) is 4.74 Å². The molecule has 2 aromatic carbocycles. The molecule has 1 saturated heterocycles. The summed E-state index contributed by atoms with van der Waals surface area (Å²) in [6.45, 7) is 5.26. The first-order valence-corrected chi connectivity index (χ1v) is 10.3. The normalized spacial score (nSPS) is 14.0. The third-order valence-electron chi connectivity index (χ3n) is 5.92. The zero-order chi connectivity index (χ0) is 22.1. The van der Waals surface area contributed by atoms with E-state index in [1.54, 1.807) is 23.6 Å². The van der Waals surface area contributed by atoms with Gasteiger partial charge in [0.15, 0.2) is 0 Å². The number of aryl methyl sites for hydroxylation is 1. The number of fused-ring (bicyclic) bond motifs is 1. The SMILES string of the molecule is COC(=O)c1c(C)[nH]c(C(=O)N2CCN(C(=O)c3cccc4ccccc34)CC2)c1C. The van der Waals surface area contributed by atoms with Gasteiger partial charge in [-0.25, -0.2) is 4.79 Å². The van der Waals surface area contributed by atoms with E-state index in [-0.39, 0.29) is 11.8 Å². The average molecular weight is 419 g/mol. The molecule has 1 aromatic heterocycles. The van der Waals surface area contributed by atoms with E-state index in [1.807, 2.05) is 42.5 Å². The summed E-state index contributed by atoms with van der Waals surface area (Å²) in [7, 11) is 1.32. The highest BCUT2D eigenvalue weighted by Gasteiger charge is 2.29. The van der Waals surface area contributed by atoms with Crippen LogP contribution in [0.1, 0.15) is 42.5 Å². The molecule has 1 fully saturated rings. The summed E-state index contributed by atoms with van der Waals surface area (Å²) in [5.74, 6) is -0.660. The minimum atomic E-state index is -0.462. The van der Waals surface area contributed by atoms with Gasteiger partial charge in [0.2, 0.25) is 0 Å². The van der Waals surface area contributed by atoms with Crippen molar-refractivity contribution >= 4 is 28.6 Å². The fourth-order valence-electron chi connectivity index (χ4n) is 4.23. The predicted molar refractivity (Wildman–Crippen MR) is 117 cm³/mol. The number of carbonyl (C=O) groups excluding carboxylic acids is 3. The van der Waals surface area contributed by atoms with Crippen LogP contribution in [-0.2, 0) is 4.74 Å². The molecule has 31 heavy (non-hydrogen) atoms. The second-order valence-corrected chi connectivity index (χ2v) is 7.73. The Hall–Kier alpha value is -3.61. The number of piperazine rings is 1. The van der Waals surface area contributed by atoms with Gasteiger partial charge in [0.05, 0.1) is 12.7 Å². The molecule has 0 bridgehead atoms. The van der Waals surface area contributed by atoms with Gasteiger partial charge >= 0.3 is 5.97 Å². The maximum atomic E-state index is 13.1. The van der Waals surface area contributed by atoms with Crippen molar-refractivity contribution in [1.82, 2.24) is 14.8 Å². The molecule has 0 radical (unpaired) electrons. The van der Waals surface area contributed by atoms with Crippen molar-refractivity contribution in [2.75, 3.05) is 33.3 Å². The highest BCUT2D eigenvalue weighted by Crippen LogP contribution is 2.23. The molecule has 160 valence electrons. The van der Waals surface area contributed by atoms with E-state index in [0.717, 1.165) is 10.8 Å². The van der Waals surface area contributed by atoms with Crippen LogP contribution in [0.4, 0.5) is 0 Å². The Labute approximate surface area is 180 Å². The van der Waals surface area contributed by atoms with Crippen LogP contribution in [0.5, 0.6) is 0 Å². The van der Waals surface area contributed by atoms with Crippen molar-refractivity contribution in [3.8, 4) is 0 Å². The lowest BCUT2D eigenvalue weighted by Crippen LogP contribution is -2.50. The Morgan fingerprint density at radius 1 is 0.871 bits per heavy atom. The zero-order valence-electron chi connectivity index (χ0n) is 17.9. The molecule has 1 N–H and O–H groups in total. The topological polar surface area (TPSA) is 82.7 Å². The van der Waals surface area contributed by atoms with E-state index in [0.29, 0.717) is 54.3 Å². The summed E-state index contributed by atoms with van der Waals surface area (Å²) in [5, 5.41) is 1.96.